The van der Waals surface area contributed by atoms with Crippen molar-refractivity contribution in [1.29, 1.82) is 0 Å². The van der Waals surface area contributed by atoms with Gasteiger partial charge < -0.3 is 24.7 Å². The van der Waals surface area contributed by atoms with E-state index in [4.69, 9.17) is 19.6 Å². The Morgan fingerprint density at radius 3 is 2.51 bits per heavy atom. The monoisotopic (exact) mass is 579 g/mol. The predicted molar refractivity (Wildman–Crippen MR) is 167 cm³/mol. The minimum Gasteiger partial charge on any atom is -0.457 e. The summed E-state index contributed by atoms with van der Waals surface area (Å²) in [6.07, 6.45) is 3.71. The van der Waals surface area contributed by atoms with Gasteiger partial charge in [-0.15, -0.1) is 0 Å². The van der Waals surface area contributed by atoms with Gasteiger partial charge in [-0.25, -0.2) is 9.97 Å². The molecule has 43 heavy (non-hydrogen) atoms. The molecule has 3 heterocycles. The predicted octanol–water partition coefficient (Wildman–Crippen LogP) is 6.88. The fourth-order valence-corrected chi connectivity index (χ4v) is 5.27. The van der Waals surface area contributed by atoms with Crippen LogP contribution in [0.2, 0.25) is 0 Å². The zero-order valence-electron chi connectivity index (χ0n) is 25.2. The van der Waals surface area contributed by atoms with Crippen LogP contribution in [-0.4, -0.2) is 36.3 Å². The number of hydrogen-bond donors (Lipinski definition) is 2. The second-order valence-corrected chi connectivity index (χ2v) is 12.1. The Hall–Kier alpha value is -4.70. The number of anilines is 3. The quantitative estimate of drug-likeness (QED) is 0.196. The number of benzene rings is 2. The molecular weight excluding hydrogens is 542 g/mol. The summed E-state index contributed by atoms with van der Waals surface area (Å²) in [6, 6.07) is 21.9. The van der Waals surface area contributed by atoms with Gasteiger partial charge >= 0.3 is 0 Å². The van der Waals surface area contributed by atoms with Crippen LogP contribution in [0.5, 0.6) is 11.5 Å². The van der Waals surface area contributed by atoms with Crippen molar-refractivity contribution in [3.63, 3.8) is 0 Å². The van der Waals surface area contributed by atoms with Gasteiger partial charge in [0.1, 0.15) is 17.3 Å². The highest BCUT2D eigenvalue weighted by Crippen LogP contribution is 2.39. The molecule has 0 saturated heterocycles. The van der Waals surface area contributed by atoms with Gasteiger partial charge in [0.15, 0.2) is 5.82 Å². The minimum atomic E-state index is -0.190. The van der Waals surface area contributed by atoms with Crippen LogP contribution in [0.4, 0.5) is 17.6 Å². The van der Waals surface area contributed by atoms with Crippen LogP contribution in [-0.2, 0) is 28.6 Å². The number of imidazole rings is 1. The number of nitrogens with one attached hydrogen (secondary N) is 2. The van der Waals surface area contributed by atoms with Crippen molar-refractivity contribution < 1.29 is 14.3 Å². The first-order chi connectivity index (χ1) is 20.6. The normalized spacial score (nSPS) is 16.6. The number of carbonyl (C=O) groups is 1. The number of fused-ring (bicyclic) bond motifs is 1. The van der Waals surface area contributed by atoms with Crippen LogP contribution >= 0.6 is 0 Å². The first kappa shape index (κ1) is 28.4. The van der Waals surface area contributed by atoms with Crippen molar-refractivity contribution in [3.05, 3.63) is 84.2 Å². The van der Waals surface area contributed by atoms with Crippen molar-refractivity contribution in [3.8, 4) is 11.5 Å². The standard InChI is InChI=1S/C33H37N7O3/c1-21(41)35-30-18-25(13-14-34-30)43-24-11-12-27-28(17-24)39(5)32(36-27)37-31-19-29(33(2,3)4)40(38-31)23-15-26(16-23)42-20-22-9-7-6-8-10-22/h6-14,17-19,23,26H,15-16,20H2,1-5H3,(H,34,35,41)(H,36,37,38). The molecule has 1 fully saturated rings. The maximum atomic E-state index is 11.4. The van der Waals surface area contributed by atoms with E-state index in [0.717, 1.165) is 29.7 Å². The van der Waals surface area contributed by atoms with E-state index in [-0.39, 0.29) is 17.4 Å². The van der Waals surface area contributed by atoms with E-state index in [2.05, 4.69) is 59.3 Å². The van der Waals surface area contributed by atoms with Crippen molar-refractivity contribution in [2.75, 3.05) is 10.6 Å². The van der Waals surface area contributed by atoms with Gasteiger partial charge in [0.25, 0.3) is 0 Å². The fraction of sp³-hybridized carbons (Fsp3) is 0.333. The van der Waals surface area contributed by atoms with Gasteiger partial charge in [-0.1, -0.05) is 51.1 Å². The molecule has 1 aliphatic rings. The van der Waals surface area contributed by atoms with E-state index in [9.17, 15) is 4.79 Å². The molecule has 10 nitrogen and oxygen atoms in total. The SMILES string of the molecule is CC(=O)Nc1cc(Oc2ccc3nc(Nc4cc(C(C)(C)C)n(C5CC(OCc6ccccc6)C5)n4)n(C)c3c2)ccn1. The van der Waals surface area contributed by atoms with E-state index in [1.165, 1.54) is 18.2 Å². The van der Waals surface area contributed by atoms with Crippen LogP contribution in [0, 0.1) is 0 Å². The number of aryl methyl sites for hydroxylation is 1. The molecule has 6 rings (SSSR count). The third-order valence-electron chi connectivity index (χ3n) is 7.61. The zero-order valence-corrected chi connectivity index (χ0v) is 25.2. The Bertz CT molecular complexity index is 1750. The Kier molecular flexibility index (Phi) is 7.62. The van der Waals surface area contributed by atoms with Crippen LogP contribution in [0.1, 0.15) is 57.8 Å². The Morgan fingerprint density at radius 1 is 1.00 bits per heavy atom. The maximum Gasteiger partial charge on any atom is 0.222 e. The highest BCUT2D eigenvalue weighted by atomic mass is 16.5. The summed E-state index contributed by atoms with van der Waals surface area (Å²) in [4.78, 5) is 20.3. The third kappa shape index (κ3) is 6.39. The number of nitrogens with zero attached hydrogens (tertiary/aromatic N) is 5. The molecule has 3 aromatic heterocycles. The summed E-state index contributed by atoms with van der Waals surface area (Å²) in [7, 11) is 1.96. The lowest BCUT2D eigenvalue weighted by Crippen LogP contribution is -2.36. The molecule has 1 amide bonds. The van der Waals surface area contributed by atoms with Gasteiger partial charge in [-0.05, 0) is 36.6 Å². The van der Waals surface area contributed by atoms with Gasteiger partial charge in [0, 0.05) is 49.5 Å². The topological polar surface area (TPSA) is 108 Å². The highest BCUT2D eigenvalue weighted by molar-refractivity contribution is 5.87. The summed E-state index contributed by atoms with van der Waals surface area (Å²) in [6.45, 7) is 8.72. The summed E-state index contributed by atoms with van der Waals surface area (Å²) in [5.41, 5.74) is 4.03. The average molecular weight is 580 g/mol. The molecule has 1 aliphatic carbocycles. The molecule has 0 spiro atoms. The number of rotatable bonds is 9. The molecule has 2 aromatic carbocycles. The summed E-state index contributed by atoms with van der Waals surface area (Å²) < 4.78 is 16.4. The zero-order chi connectivity index (χ0) is 30.1. The second-order valence-electron chi connectivity index (χ2n) is 12.1. The molecule has 0 aliphatic heterocycles. The highest BCUT2D eigenvalue weighted by Gasteiger charge is 2.35. The lowest BCUT2D eigenvalue weighted by Gasteiger charge is -2.37. The molecule has 0 radical (unpaired) electrons. The number of aromatic nitrogens is 5. The molecule has 0 bridgehead atoms. The molecule has 222 valence electrons. The van der Waals surface area contributed by atoms with Gasteiger partial charge in [0.2, 0.25) is 11.9 Å². The number of ether oxygens (including phenoxy) is 2. The van der Waals surface area contributed by atoms with Crippen LogP contribution < -0.4 is 15.4 Å². The Morgan fingerprint density at radius 2 is 1.77 bits per heavy atom. The Balaban J connectivity index is 1.16. The minimum absolute atomic E-state index is 0.0751. The summed E-state index contributed by atoms with van der Waals surface area (Å²) in [5.74, 6) is 2.91. The number of pyridine rings is 1. The number of carbonyl (C=O) groups excluding carboxylic acids is 1. The molecule has 10 heteroatoms. The van der Waals surface area contributed by atoms with Crippen molar-refractivity contribution in [2.24, 2.45) is 7.05 Å². The van der Waals surface area contributed by atoms with Crippen LogP contribution in [0.3, 0.4) is 0 Å². The molecule has 0 unspecified atom stereocenters. The summed E-state index contributed by atoms with van der Waals surface area (Å²) >= 11 is 0. The van der Waals surface area contributed by atoms with E-state index in [1.807, 2.05) is 48.0 Å². The van der Waals surface area contributed by atoms with Crippen molar-refractivity contribution >= 4 is 34.5 Å². The Labute approximate surface area is 251 Å². The van der Waals surface area contributed by atoms with Crippen LogP contribution in [0.15, 0.2) is 72.9 Å². The maximum absolute atomic E-state index is 11.4. The first-order valence-electron chi connectivity index (χ1n) is 14.5. The van der Waals surface area contributed by atoms with Crippen molar-refractivity contribution in [2.45, 2.75) is 64.7 Å². The fourth-order valence-electron chi connectivity index (χ4n) is 5.27. The number of amides is 1. The van der Waals surface area contributed by atoms with Crippen molar-refractivity contribution in [1.82, 2.24) is 24.3 Å². The van der Waals surface area contributed by atoms with Gasteiger partial charge in [0.05, 0.1) is 29.8 Å². The lowest BCUT2D eigenvalue weighted by atomic mass is 9.86. The van der Waals surface area contributed by atoms with E-state index < -0.39 is 0 Å². The average Bonchev–Trinajstić information content (AvgIpc) is 3.49. The molecule has 0 atom stereocenters. The van der Waals surface area contributed by atoms with E-state index in [1.54, 1.807) is 18.3 Å². The van der Waals surface area contributed by atoms with Gasteiger partial charge in [-0.3, -0.25) is 9.48 Å². The molecule has 5 aromatic rings. The smallest absolute Gasteiger partial charge is 0.222 e. The van der Waals surface area contributed by atoms with Gasteiger partial charge in [-0.2, -0.15) is 5.10 Å². The van der Waals surface area contributed by atoms with E-state index >= 15 is 0 Å². The molecule has 1 saturated carbocycles. The number of hydrogen-bond acceptors (Lipinski definition) is 7. The van der Waals surface area contributed by atoms with E-state index in [0.29, 0.717) is 35.9 Å². The lowest BCUT2D eigenvalue weighted by molar-refractivity contribution is -0.114. The largest absolute Gasteiger partial charge is 0.457 e. The third-order valence-corrected chi connectivity index (χ3v) is 7.61. The summed E-state index contributed by atoms with van der Waals surface area (Å²) in [5, 5.41) is 11.1. The molecular formula is C33H37N7O3. The molecule has 2 N–H and O–H groups in total. The van der Waals surface area contributed by atoms with Crippen LogP contribution in [0.25, 0.3) is 11.0 Å². The first-order valence-corrected chi connectivity index (χ1v) is 14.5. The second kappa shape index (κ2) is 11.5.